The molecular weight excluding hydrogens is 206 g/mol. The summed E-state index contributed by atoms with van der Waals surface area (Å²) < 4.78 is 5.28. The third-order valence-electron chi connectivity index (χ3n) is 2.00. The maximum Gasteiger partial charge on any atom is 0.267 e. The number of nitrogens with two attached hydrogens (primary N) is 1. The molecule has 1 aromatic heterocycles. The highest BCUT2D eigenvalue weighted by atomic mass is 16.5. The number of nitrogens with one attached hydrogen (secondary N) is 1. The van der Waals surface area contributed by atoms with Crippen molar-refractivity contribution in [3.63, 3.8) is 0 Å². The van der Waals surface area contributed by atoms with Gasteiger partial charge in [-0.2, -0.15) is 0 Å². The first-order valence-corrected chi connectivity index (χ1v) is 5.23. The van der Waals surface area contributed by atoms with Gasteiger partial charge in [-0.25, -0.2) is 0 Å². The fourth-order valence-electron chi connectivity index (χ4n) is 1.28. The first kappa shape index (κ1) is 12.4. The van der Waals surface area contributed by atoms with Gasteiger partial charge < -0.3 is 15.8 Å². The van der Waals surface area contributed by atoms with E-state index in [1.165, 1.54) is 0 Å². The van der Waals surface area contributed by atoms with Crippen molar-refractivity contribution in [1.82, 2.24) is 4.98 Å². The van der Waals surface area contributed by atoms with Gasteiger partial charge in [0.05, 0.1) is 6.61 Å². The summed E-state index contributed by atoms with van der Waals surface area (Å²) in [7, 11) is 0. The Balaban J connectivity index is 2.59. The maximum atomic E-state index is 10.9. The van der Waals surface area contributed by atoms with Gasteiger partial charge in [0, 0.05) is 24.5 Å². The lowest BCUT2D eigenvalue weighted by Crippen LogP contribution is -2.22. The largest absolute Gasteiger partial charge is 0.380 e. The van der Waals surface area contributed by atoms with E-state index >= 15 is 0 Å². The number of hydrogen-bond acceptors (Lipinski definition) is 4. The van der Waals surface area contributed by atoms with Crippen molar-refractivity contribution >= 4 is 11.6 Å². The van der Waals surface area contributed by atoms with E-state index in [1.54, 1.807) is 18.3 Å². The first-order chi connectivity index (χ1) is 7.63. The Labute approximate surface area is 95.0 Å². The Morgan fingerprint density at radius 3 is 3.06 bits per heavy atom. The van der Waals surface area contributed by atoms with Gasteiger partial charge in [-0.15, -0.1) is 0 Å². The number of pyridine rings is 1. The molecule has 1 rings (SSSR count). The average Bonchev–Trinajstić information content (AvgIpc) is 2.26. The van der Waals surface area contributed by atoms with E-state index in [9.17, 15) is 4.79 Å². The van der Waals surface area contributed by atoms with Gasteiger partial charge in [-0.3, -0.25) is 9.78 Å². The van der Waals surface area contributed by atoms with Crippen LogP contribution in [0.2, 0.25) is 0 Å². The van der Waals surface area contributed by atoms with Crippen LogP contribution in [-0.4, -0.2) is 30.1 Å². The van der Waals surface area contributed by atoms with Crippen LogP contribution in [0.5, 0.6) is 0 Å². The van der Waals surface area contributed by atoms with Gasteiger partial charge in [0.1, 0.15) is 5.69 Å². The molecule has 0 radical (unpaired) electrons. The molecule has 88 valence electrons. The monoisotopic (exact) mass is 223 g/mol. The van der Waals surface area contributed by atoms with Crippen LogP contribution in [0.4, 0.5) is 5.69 Å². The molecule has 1 heterocycles. The molecule has 0 bridgehead atoms. The van der Waals surface area contributed by atoms with Crippen molar-refractivity contribution in [2.24, 2.45) is 5.73 Å². The molecule has 16 heavy (non-hydrogen) atoms. The summed E-state index contributed by atoms with van der Waals surface area (Å²) in [5.41, 5.74) is 6.21. The Morgan fingerprint density at radius 2 is 2.44 bits per heavy atom. The number of carbonyl (C=O) groups excluding carboxylic acids is 1. The number of anilines is 1. The van der Waals surface area contributed by atoms with Crippen LogP contribution in [0.1, 0.15) is 24.3 Å². The Morgan fingerprint density at radius 1 is 1.69 bits per heavy atom. The zero-order chi connectivity index (χ0) is 12.0. The van der Waals surface area contributed by atoms with E-state index in [0.29, 0.717) is 13.2 Å². The molecule has 3 N–H and O–H groups in total. The van der Waals surface area contributed by atoms with E-state index in [4.69, 9.17) is 10.5 Å². The molecule has 0 spiro atoms. The molecular formula is C11H17N3O2. The fourth-order valence-corrected chi connectivity index (χ4v) is 1.28. The van der Waals surface area contributed by atoms with Crippen molar-refractivity contribution in [3.8, 4) is 0 Å². The van der Waals surface area contributed by atoms with Crippen molar-refractivity contribution < 1.29 is 9.53 Å². The SMILES string of the molecule is CCOCC(C)Nc1ccnc(C(N)=O)c1. The van der Waals surface area contributed by atoms with Crippen molar-refractivity contribution in [2.75, 3.05) is 18.5 Å². The summed E-state index contributed by atoms with van der Waals surface area (Å²) in [6.07, 6.45) is 1.55. The molecule has 0 aliphatic carbocycles. The lowest BCUT2D eigenvalue weighted by molar-refractivity contribution is 0.0995. The number of nitrogens with zero attached hydrogens (tertiary/aromatic N) is 1. The molecule has 0 aliphatic heterocycles. The van der Waals surface area contributed by atoms with Gasteiger partial charge in [0.15, 0.2) is 0 Å². The highest BCUT2D eigenvalue weighted by molar-refractivity contribution is 5.91. The number of ether oxygens (including phenoxy) is 1. The molecule has 1 unspecified atom stereocenters. The van der Waals surface area contributed by atoms with Gasteiger partial charge in [-0.1, -0.05) is 0 Å². The quantitative estimate of drug-likeness (QED) is 0.754. The van der Waals surface area contributed by atoms with Crippen LogP contribution >= 0.6 is 0 Å². The van der Waals surface area contributed by atoms with E-state index in [-0.39, 0.29) is 11.7 Å². The van der Waals surface area contributed by atoms with Crippen LogP contribution in [0.15, 0.2) is 18.3 Å². The second-order valence-electron chi connectivity index (χ2n) is 3.50. The molecule has 0 fully saturated rings. The summed E-state index contributed by atoms with van der Waals surface area (Å²) in [4.78, 5) is 14.8. The molecule has 1 amide bonds. The van der Waals surface area contributed by atoms with Crippen LogP contribution < -0.4 is 11.1 Å². The molecule has 0 saturated carbocycles. The number of hydrogen-bond donors (Lipinski definition) is 2. The third-order valence-corrected chi connectivity index (χ3v) is 2.00. The number of carbonyl (C=O) groups is 1. The van der Waals surface area contributed by atoms with E-state index in [0.717, 1.165) is 5.69 Å². The highest BCUT2D eigenvalue weighted by Gasteiger charge is 2.05. The predicted octanol–water partition coefficient (Wildman–Crippen LogP) is 1.02. The van der Waals surface area contributed by atoms with Gasteiger partial charge in [0.25, 0.3) is 5.91 Å². The average molecular weight is 223 g/mol. The molecule has 5 heteroatoms. The van der Waals surface area contributed by atoms with E-state index in [1.807, 2.05) is 13.8 Å². The minimum absolute atomic E-state index is 0.170. The van der Waals surface area contributed by atoms with Crippen molar-refractivity contribution in [3.05, 3.63) is 24.0 Å². The molecule has 1 atom stereocenters. The molecule has 1 aromatic rings. The van der Waals surface area contributed by atoms with Crippen LogP contribution in [0.25, 0.3) is 0 Å². The second-order valence-corrected chi connectivity index (χ2v) is 3.50. The highest BCUT2D eigenvalue weighted by Crippen LogP contribution is 2.09. The molecule has 0 aromatic carbocycles. The van der Waals surface area contributed by atoms with Gasteiger partial charge in [-0.05, 0) is 26.0 Å². The lowest BCUT2D eigenvalue weighted by Gasteiger charge is -2.15. The van der Waals surface area contributed by atoms with Crippen LogP contribution in [-0.2, 0) is 4.74 Å². The zero-order valence-corrected chi connectivity index (χ0v) is 9.56. The van der Waals surface area contributed by atoms with Crippen molar-refractivity contribution in [2.45, 2.75) is 19.9 Å². The smallest absolute Gasteiger partial charge is 0.267 e. The zero-order valence-electron chi connectivity index (χ0n) is 9.56. The summed E-state index contributed by atoms with van der Waals surface area (Å²) in [5, 5.41) is 3.20. The van der Waals surface area contributed by atoms with Crippen LogP contribution in [0.3, 0.4) is 0 Å². The fraction of sp³-hybridized carbons (Fsp3) is 0.455. The normalized spacial score (nSPS) is 12.1. The van der Waals surface area contributed by atoms with Crippen LogP contribution in [0, 0.1) is 0 Å². The standard InChI is InChI=1S/C11H17N3O2/c1-3-16-7-8(2)14-9-4-5-13-10(6-9)11(12)15/h4-6,8H,3,7H2,1-2H3,(H2,12,15)(H,13,14). The summed E-state index contributed by atoms with van der Waals surface area (Å²) >= 11 is 0. The minimum Gasteiger partial charge on any atom is -0.380 e. The van der Waals surface area contributed by atoms with E-state index in [2.05, 4.69) is 10.3 Å². The lowest BCUT2D eigenvalue weighted by atomic mass is 10.2. The summed E-state index contributed by atoms with van der Waals surface area (Å²) in [6, 6.07) is 3.59. The second kappa shape index (κ2) is 6.07. The Bertz CT molecular complexity index is 355. The van der Waals surface area contributed by atoms with Gasteiger partial charge in [0.2, 0.25) is 0 Å². The van der Waals surface area contributed by atoms with E-state index < -0.39 is 5.91 Å². The Kier molecular flexibility index (Phi) is 4.72. The van der Waals surface area contributed by atoms with Gasteiger partial charge >= 0.3 is 0 Å². The summed E-state index contributed by atoms with van der Waals surface area (Å²) in [6.45, 7) is 5.25. The van der Waals surface area contributed by atoms with Crippen molar-refractivity contribution in [1.29, 1.82) is 0 Å². The molecule has 5 nitrogen and oxygen atoms in total. The predicted molar refractivity (Wildman–Crippen MR) is 62.3 cm³/mol. The number of amides is 1. The molecule has 0 saturated heterocycles. The maximum absolute atomic E-state index is 10.9. The third kappa shape index (κ3) is 3.86. The summed E-state index contributed by atoms with van der Waals surface area (Å²) in [5.74, 6) is -0.527. The Hall–Kier alpha value is -1.62. The minimum atomic E-state index is -0.527. The first-order valence-electron chi connectivity index (χ1n) is 5.23. The number of aromatic nitrogens is 1. The number of rotatable bonds is 6. The molecule has 0 aliphatic rings. The number of primary amides is 1. The topological polar surface area (TPSA) is 77.2 Å².